The van der Waals surface area contributed by atoms with Gasteiger partial charge < -0.3 is 10.2 Å². The van der Waals surface area contributed by atoms with Crippen LogP contribution in [0.2, 0.25) is 19.6 Å². The zero-order chi connectivity index (χ0) is 17.3. The molecule has 0 aliphatic heterocycles. The van der Waals surface area contributed by atoms with Crippen molar-refractivity contribution in [3.8, 4) is 6.07 Å². The standard InChI is InChI=1S/C17H22N2O3Si/c1-23(2,3)22-17(11-18)9-8-12(10-17)15(20)13-6-4-5-7-14(13)16(19)21/h4-7,12H,8-10H2,1-3H3,(H2,19,21). The number of nitrogens with zero attached hydrogens (tertiary/aromatic N) is 1. The van der Waals surface area contributed by atoms with Crippen LogP contribution in [-0.2, 0) is 4.43 Å². The van der Waals surface area contributed by atoms with E-state index in [9.17, 15) is 14.9 Å². The summed E-state index contributed by atoms with van der Waals surface area (Å²) >= 11 is 0. The van der Waals surface area contributed by atoms with Crippen LogP contribution < -0.4 is 5.73 Å². The van der Waals surface area contributed by atoms with Gasteiger partial charge in [-0.25, -0.2) is 0 Å². The third kappa shape index (κ3) is 3.87. The van der Waals surface area contributed by atoms with Crippen molar-refractivity contribution in [2.75, 3.05) is 0 Å². The molecule has 1 fully saturated rings. The number of amides is 1. The van der Waals surface area contributed by atoms with Crippen LogP contribution in [0.25, 0.3) is 0 Å². The molecule has 1 aromatic carbocycles. The summed E-state index contributed by atoms with van der Waals surface area (Å²) in [5.74, 6) is -1.06. The van der Waals surface area contributed by atoms with Gasteiger partial charge in [0, 0.05) is 17.0 Å². The Morgan fingerprint density at radius 2 is 1.91 bits per heavy atom. The van der Waals surface area contributed by atoms with Crippen molar-refractivity contribution >= 4 is 20.0 Å². The highest BCUT2D eigenvalue weighted by Crippen LogP contribution is 2.40. The minimum Gasteiger partial charge on any atom is -0.400 e. The second-order valence-electron chi connectivity index (χ2n) is 7.03. The molecule has 0 spiro atoms. The highest BCUT2D eigenvalue weighted by Gasteiger charge is 2.45. The quantitative estimate of drug-likeness (QED) is 0.663. The van der Waals surface area contributed by atoms with Gasteiger partial charge in [0.2, 0.25) is 5.91 Å². The molecule has 2 atom stereocenters. The lowest BCUT2D eigenvalue weighted by molar-refractivity contribution is 0.0867. The first-order valence-corrected chi connectivity index (χ1v) is 11.1. The Balaban J connectivity index is 2.24. The molecule has 122 valence electrons. The number of primary amides is 1. The molecule has 1 saturated carbocycles. The normalized spacial score (nSPS) is 24.2. The number of rotatable bonds is 5. The number of carbonyl (C=O) groups is 2. The maximum atomic E-state index is 12.8. The Kier molecular flexibility index (Phi) is 4.73. The van der Waals surface area contributed by atoms with Gasteiger partial charge in [-0.3, -0.25) is 9.59 Å². The van der Waals surface area contributed by atoms with Crippen molar-refractivity contribution in [2.24, 2.45) is 11.7 Å². The van der Waals surface area contributed by atoms with Crippen LogP contribution >= 0.6 is 0 Å². The molecular formula is C17H22N2O3Si. The predicted molar refractivity (Wildman–Crippen MR) is 89.4 cm³/mol. The molecule has 5 nitrogen and oxygen atoms in total. The van der Waals surface area contributed by atoms with Gasteiger partial charge in [0.25, 0.3) is 0 Å². The van der Waals surface area contributed by atoms with Gasteiger partial charge in [-0.1, -0.05) is 18.2 Å². The van der Waals surface area contributed by atoms with Crippen molar-refractivity contribution in [1.29, 1.82) is 5.26 Å². The van der Waals surface area contributed by atoms with Crippen LogP contribution in [0, 0.1) is 17.2 Å². The van der Waals surface area contributed by atoms with Gasteiger partial charge in [0.05, 0.1) is 6.07 Å². The Hall–Kier alpha value is -1.97. The molecule has 0 heterocycles. The smallest absolute Gasteiger partial charge is 0.249 e. The van der Waals surface area contributed by atoms with Crippen molar-refractivity contribution in [3.63, 3.8) is 0 Å². The molecule has 1 amide bonds. The SMILES string of the molecule is C[Si](C)(C)OC1(C#N)CCC(C(=O)c2ccccc2C(N)=O)C1. The lowest BCUT2D eigenvalue weighted by atomic mass is 9.91. The van der Waals surface area contributed by atoms with Crippen molar-refractivity contribution in [3.05, 3.63) is 35.4 Å². The van der Waals surface area contributed by atoms with Crippen LogP contribution in [0.4, 0.5) is 0 Å². The number of hydrogen-bond acceptors (Lipinski definition) is 4. The first kappa shape index (κ1) is 17.4. The van der Waals surface area contributed by atoms with Gasteiger partial charge in [0.1, 0.15) is 5.60 Å². The number of Topliss-reactive ketones (excluding diaryl/α,β-unsaturated/α-hetero) is 1. The van der Waals surface area contributed by atoms with Gasteiger partial charge in [0.15, 0.2) is 14.1 Å². The Morgan fingerprint density at radius 1 is 1.30 bits per heavy atom. The monoisotopic (exact) mass is 330 g/mol. The van der Waals surface area contributed by atoms with Crippen LogP contribution in [0.5, 0.6) is 0 Å². The molecule has 0 saturated heterocycles. The van der Waals surface area contributed by atoms with E-state index in [0.29, 0.717) is 24.8 Å². The van der Waals surface area contributed by atoms with Crippen LogP contribution in [0.1, 0.15) is 40.0 Å². The van der Waals surface area contributed by atoms with E-state index in [2.05, 4.69) is 6.07 Å². The average molecular weight is 330 g/mol. The number of benzene rings is 1. The van der Waals surface area contributed by atoms with Gasteiger partial charge in [-0.05, 0) is 45.0 Å². The van der Waals surface area contributed by atoms with Crippen molar-refractivity contribution in [1.82, 2.24) is 0 Å². The van der Waals surface area contributed by atoms with Crippen molar-refractivity contribution < 1.29 is 14.0 Å². The molecule has 2 rings (SSSR count). The van der Waals surface area contributed by atoms with E-state index in [4.69, 9.17) is 10.2 Å². The largest absolute Gasteiger partial charge is 0.400 e. The molecule has 0 aromatic heterocycles. The first-order chi connectivity index (χ1) is 10.7. The zero-order valence-corrected chi connectivity index (χ0v) is 14.8. The van der Waals surface area contributed by atoms with E-state index < -0.39 is 19.8 Å². The summed E-state index contributed by atoms with van der Waals surface area (Å²) in [5.41, 5.74) is 5.04. The fourth-order valence-electron chi connectivity index (χ4n) is 3.17. The molecule has 0 bridgehead atoms. The second kappa shape index (κ2) is 6.26. The average Bonchev–Trinajstić information content (AvgIpc) is 2.89. The van der Waals surface area contributed by atoms with E-state index in [1.54, 1.807) is 24.3 Å². The maximum absolute atomic E-state index is 12.8. The van der Waals surface area contributed by atoms with Crippen LogP contribution in [0.3, 0.4) is 0 Å². The highest BCUT2D eigenvalue weighted by molar-refractivity contribution is 6.69. The summed E-state index contributed by atoms with van der Waals surface area (Å²) in [5, 5.41) is 9.55. The van der Waals surface area contributed by atoms with E-state index in [1.807, 2.05) is 19.6 Å². The van der Waals surface area contributed by atoms with Crippen molar-refractivity contribution in [2.45, 2.75) is 44.5 Å². The molecular weight excluding hydrogens is 308 g/mol. The second-order valence-corrected chi connectivity index (χ2v) is 11.5. The van der Waals surface area contributed by atoms with Gasteiger partial charge in [-0.2, -0.15) is 5.26 Å². The minimum absolute atomic E-state index is 0.129. The third-order valence-corrected chi connectivity index (χ3v) is 5.01. The summed E-state index contributed by atoms with van der Waals surface area (Å²) in [7, 11) is -1.90. The number of carbonyl (C=O) groups excluding carboxylic acids is 2. The summed E-state index contributed by atoms with van der Waals surface area (Å²) in [4.78, 5) is 24.3. The molecule has 1 aliphatic rings. The molecule has 23 heavy (non-hydrogen) atoms. The summed E-state index contributed by atoms with van der Waals surface area (Å²) in [6, 6.07) is 8.84. The summed E-state index contributed by atoms with van der Waals surface area (Å²) < 4.78 is 6.06. The number of hydrogen-bond donors (Lipinski definition) is 1. The molecule has 2 unspecified atom stereocenters. The minimum atomic E-state index is -1.90. The summed E-state index contributed by atoms with van der Waals surface area (Å²) in [6.45, 7) is 6.09. The maximum Gasteiger partial charge on any atom is 0.249 e. The number of nitrogens with two attached hydrogens (primary N) is 1. The lowest BCUT2D eigenvalue weighted by Gasteiger charge is -2.30. The lowest BCUT2D eigenvalue weighted by Crippen LogP contribution is -2.40. The van der Waals surface area contributed by atoms with Crippen LogP contribution in [0.15, 0.2) is 24.3 Å². The van der Waals surface area contributed by atoms with Gasteiger partial charge in [-0.15, -0.1) is 0 Å². The molecule has 6 heteroatoms. The fraction of sp³-hybridized carbons (Fsp3) is 0.471. The molecule has 0 radical (unpaired) electrons. The highest BCUT2D eigenvalue weighted by atomic mass is 28.4. The van der Waals surface area contributed by atoms with E-state index in [1.165, 1.54) is 0 Å². The zero-order valence-electron chi connectivity index (χ0n) is 13.8. The number of ketones is 1. The van der Waals surface area contributed by atoms with E-state index in [-0.39, 0.29) is 17.3 Å². The Morgan fingerprint density at radius 3 is 2.43 bits per heavy atom. The molecule has 1 aromatic rings. The molecule has 1 aliphatic carbocycles. The summed E-state index contributed by atoms with van der Waals surface area (Å²) in [6.07, 6.45) is 1.51. The Bertz CT molecular complexity index is 675. The van der Waals surface area contributed by atoms with E-state index in [0.717, 1.165) is 0 Å². The fourth-order valence-corrected chi connectivity index (χ4v) is 4.57. The third-order valence-electron chi connectivity index (χ3n) is 4.01. The van der Waals surface area contributed by atoms with E-state index >= 15 is 0 Å². The molecule has 2 N–H and O–H groups in total. The first-order valence-electron chi connectivity index (χ1n) is 7.72. The van der Waals surface area contributed by atoms with Gasteiger partial charge >= 0.3 is 0 Å². The topological polar surface area (TPSA) is 93.2 Å². The van der Waals surface area contributed by atoms with Crippen LogP contribution in [-0.4, -0.2) is 25.6 Å². The predicted octanol–water partition coefficient (Wildman–Crippen LogP) is 2.88. The number of nitriles is 1. The Labute approximate surface area is 137 Å².